The zero-order valence-electron chi connectivity index (χ0n) is 13.6. The van der Waals surface area contributed by atoms with Crippen molar-refractivity contribution in [3.63, 3.8) is 0 Å². The van der Waals surface area contributed by atoms with E-state index in [9.17, 15) is 9.59 Å². The van der Waals surface area contributed by atoms with Gasteiger partial charge in [-0.15, -0.1) is 0 Å². The van der Waals surface area contributed by atoms with Crippen molar-refractivity contribution in [2.24, 2.45) is 0 Å². The third-order valence-corrected chi connectivity index (χ3v) is 3.90. The molecule has 5 heteroatoms. The maximum Gasteiger partial charge on any atom is 0.336 e. The Morgan fingerprint density at radius 3 is 2.62 bits per heavy atom. The Balaban J connectivity index is 1.92. The van der Waals surface area contributed by atoms with Crippen molar-refractivity contribution >= 4 is 16.9 Å². The van der Waals surface area contributed by atoms with E-state index < -0.39 is 5.63 Å². The Kier molecular flexibility index (Phi) is 4.42. The van der Waals surface area contributed by atoms with E-state index in [2.05, 4.69) is 24.1 Å². The van der Waals surface area contributed by atoms with Gasteiger partial charge in [-0.3, -0.25) is 9.78 Å². The summed E-state index contributed by atoms with van der Waals surface area (Å²) in [5.41, 5.74) is 2.53. The Morgan fingerprint density at radius 2 is 1.92 bits per heavy atom. The number of benzene rings is 1. The van der Waals surface area contributed by atoms with Crippen LogP contribution in [0.3, 0.4) is 0 Å². The molecule has 0 unspecified atom stereocenters. The maximum atomic E-state index is 12.2. The van der Waals surface area contributed by atoms with E-state index in [1.807, 2.05) is 12.1 Å². The molecule has 1 aromatic carbocycles. The van der Waals surface area contributed by atoms with Crippen LogP contribution >= 0.6 is 0 Å². The van der Waals surface area contributed by atoms with E-state index in [1.165, 1.54) is 6.07 Å². The molecule has 0 spiro atoms. The molecule has 0 radical (unpaired) electrons. The highest BCUT2D eigenvalue weighted by atomic mass is 16.4. The summed E-state index contributed by atoms with van der Waals surface area (Å²) in [6.45, 7) is 4.46. The number of hydrogen-bond donors (Lipinski definition) is 1. The van der Waals surface area contributed by atoms with Crippen molar-refractivity contribution in [2.45, 2.75) is 26.3 Å². The molecular formula is C19H18N2O3. The molecule has 0 aliphatic heterocycles. The lowest BCUT2D eigenvalue weighted by Gasteiger charge is -2.10. The molecular weight excluding hydrogens is 304 g/mol. The maximum absolute atomic E-state index is 12.2. The van der Waals surface area contributed by atoms with Crippen LogP contribution in [-0.2, 0) is 6.54 Å². The fraction of sp³-hybridized carbons (Fsp3) is 0.211. The van der Waals surface area contributed by atoms with Crippen LogP contribution in [0.5, 0.6) is 0 Å². The molecule has 1 amide bonds. The van der Waals surface area contributed by atoms with Gasteiger partial charge in [0.05, 0.1) is 0 Å². The van der Waals surface area contributed by atoms with Gasteiger partial charge in [-0.1, -0.05) is 19.9 Å². The largest absolute Gasteiger partial charge is 0.423 e. The number of fused-ring (bicyclic) bond motifs is 1. The third-order valence-electron chi connectivity index (χ3n) is 3.90. The zero-order valence-corrected chi connectivity index (χ0v) is 13.6. The van der Waals surface area contributed by atoms with Crippen LogP contribution < -0.4 is 10.9 Å². The van der Waals surface area contributed by atoms with Gasteiger partial charge < -0.3 is 9.73 Å². The molecule has 0 bridgehead atoms. The zero-order chi connectivity index (χ0) is 17.1. The standard InChI is InChI=1S/C19H18N2O3/c1-12(2)14-3-4-17-16(9-14)15(10-18(22)24-17)11-21-19(23)13-5-7-20-8-6-13/h3-10,12H,11H2,1-2H3,(H,21,23). The lowest BCUT2D eigenvalue weighted by Crippen LogP contribution is -2.23. The van der Waals surface area contributed by atoms with Gasteiger partial charge in [0.25, 0.3) is 5.91 Å². The average Bonchev–Trinajstić information content (AvgIpc) is 2.59. The quantitative estimate of drug-likeness (QED) is 0.749. The van der Waals surface area contributed by atoms with Crippen molar-refractivity contribution < 1.29 is 9.21 Å². The van der Waals surface area contributed by atoms with Gasteiger partial charge in [0, 0.05) is 36.0 Å². The summed E-state index contributed by atoms with van der Waals surface area (Å²) in [5.74, 6) is 0.152. The lowest BCUT2D eigenvalue weighted by atomic mass is 9.99. The second-order valence-corrected chi connectivity index (χ2v) is 5.92. The number of carbonyl (C=O) groups is 1. The first-order valence-electron chi connectivity index (χ1n) is 7.79. The molecule has 0 atom stereocenters. The fourth-order valence-corrected chi connectivity index (χ4v) is 2.53. The molecule has 0 saturated heterocycles. The average molecular weight is 322 g/mol. The van der Waals surface area contributed by atoms with Gasteiger partial charge in [-0.2, -0.15) is 0 Å². The molecule has 0 aliphatic rings. The number of pyridine rings is 1. The topological polar surface area (TPSA) is 72.2 Å². The summed E-state index contributed by atoms with van der Waals surface area (Å²) < 4.78 is 5.25. The molecule has 122 valence electrons. The molecule has 24 heavy (non-hydrogen) atoms. The third kappa shape index (κ3) is 3.35. The van der Waals surface area contributed by atoms with E-state index in [1.54, 1.807) is 30.6 Å². The Hall–Kier alpha value is -2.95. The van der Waals surface area contributed by atoms with E-state index in [0.717, 1.165) is 16.5 Å². The normalized spacial score (nSPS) is 11.0. The van der Waals surface area contributed by atoms with Crippen molar-refractivity contribution in [2.75, 3.05) is 0 Å². The van der Waals surface area contributed by atoms with E-state index in [4.69, 9.17) is 4.42 Å². The number of nitrogens with one attached hydrogen (secondary N) is 1. The summed E-state index contributed by atoms with van der Waals surface area (Å²) >= 11 is 0. The van der Waals surface area contributed by atoms with Crippen LogP contribution in [0.2, 0.25) is 0 Å². The number of hydrogen-bond acceptors (Lipinski definition) is 4. The van der Waals surface area contributed by atoms with Gasteiger partial charge >= 0.3 is 5.63 Å². The number of amides is 1. The minimum Gasteiger partial charge on any atom is -0.423 e. The fourth-order valence-electron chi connectivity index (χ4n) is 2.53. The van der Waals surface area contributed by atoms with Gasteiger partial charge in [0.15, 0.2) is 0 Å². The minimum atomic E-state index is -0.423. The van der Waals surface area contributed by atoms with E-state index in [-0.39, 0.29) is 12.5 Å². The number of rotatable bonds is 4. The highest BCUT2D eigenvalue weighted by molar-refractivity contribution is 5.94. The van der Waals surface area contributed by atoms with Crippen molar-refractivity contribution in [3.05, 3.63) is 75.9 Å². The monoisotopic (exact) mass is 322 g/mol. The van der Waals surface area contributed by atoms with Crippen LogP contribution in [0.15, 0.2) is 58.0 Å². The summed E-state index contributed by atoms with van der Waals surface area (Å²) in [4.78, 5) is 27.8. The second-order valence-electron chi connectivity index (χ2n) is 5.92. The molecule has 0 fully saturated rings. The first-order chi connectivity index (χ1) is 11.5. The SMILES string of the molecule is CC(C)c1ccc2oc(=O)cc(CNC(=O)c3ccncc3)c2c1. The lowest BCUT2D eigenvalue weighted by molar-refractivity contribution is 0.0951. The smallest absolute Gasteiger partial charge is 0.336 e. The second kappa shape index (κ2) is 6.66. The van der Waals surface area contributed by atoms with Gasteiger partial charge in [-0.25, -0.2) is 4.79 Å². The molecule has 0 aliphatic carbocycles. The van der Waals surface area contributed by atoms with Crippen LogP contribution in [0.4, 0.5) is 0 Å². The molecule has 3 aromatic rings. The predicted octanol–water partition coefficient (Wildman–Crippen LogP) is 3.24. The summed E-state index contributed by atoms with van der Waals surface area (Å²) in [7, 11) is 0. The van der Waals surface area contributed by atoms with Crippen LogP contribution in [0.25, 0.3) is 11.0 Å². The van der Waals surface area contributed by atoms with Crippen molar-refractivity contribution in [1.82, 2.24) is 10.3 Å². The Morgan fingerprint density at radius 1 is 1.17 bits per heavy atom. The first-order valence-corrected chi connectivity index (χ1v) is 7.79. The number of aromatic nitrogens is 1. The highest BCUT2D eigenvalue weighted by Gasteiger charge is 2.10. The molecule has 2 aromatic heterocycles. The van der Waals surface area contributed by atoms with Crippen LogP contribution in [-0.4, -0.2) is 10.9 Å². The minimum absolute atomic E-state index is 0.209. The van der Waals surface area contributed by atoms with E-state index >= 15 is 0 Å². The summed E-state index contributed by atoms with van der Waals surface area (Å²) in [6.07, 6.45) is 3.13. The van der Waals surface area contributed by atoms with Crippen LogP contribution in [0.1, 0.15) is 41.3 Å². The van der Waals surface area contributed by atoms with Crippen molar-refractivity contribution in [3.8, 4) is 0 Å². The predicted molar refractivity (Wildman–Crippen MR) is 92.0 cm³/mol. The summed E-state index contributed by atoms with van der Waals surface area (Å²) in [5, 5.41) is 3.68. The molecule has 1 N–H and O–H groups in total. The highest BCUT2D eigenvalue weighted by Crippen LogP contribution is 2.23. The van der Waals surface area contributed by atoms with E-state index in [0.29, 0.717) is 17.1 Å². The Bertz CT molecular complexity index is 930. The number of nitrogens with zero attached hydrogens (tertiary/aromatic N) is 1. The van der Waals surface area contributed by atoms with Crippen LogP contribution in [0, 0.1) is 0 Å². The van der Waals surface area contributed by atoms with Gasteiger partial charge in [-0.05, 0) is 41.3 Å². The van der Waals surface area contributed by atoms with Gasteiger partial charge in [0.2, 0.25) is 0 Å². The first kappa shape index (κ1) is 15.9. The van der Waals surface area contributed by atoms with Crippen molar-refractivity contribution in [1.29, 1.82) is 0 Å². The molecule has 2 heterocycles. The molecule has 3 rings (SSSR count). The molecule has 5 nitrogen and oxygen atoms in total. The number of carbonyl (C=O) groups excluding carboxylic acids is 1. The molecule has 0 saturated carbocycles. The Labute approximate surface area is 139 Å². The van der Waals surface area contributed by atoms with Gasteiger partial charge in [0.1, 0.15) is 5.58 Å². The summed E-state index contributed by atoms with van der Waals surface area (Å²) in [6, 6.07) is 10.5.